The van der Waals surface area contributed by atoms with E-state index in [0.29, 0.717) is 58.4 Å². The van der Waals surface area contributed by atoms with Crippen LogP contribution in [0.3, 0.4) is 0 Å². The molecular weight excluding hydrogens is 404 g/mol. The maximum Gasteiger partial charge on any atom is 0.379 e. The molecule has 0 aliphatic carbocycles. The number of benzene rings is 1. The molecule has 176 valence electrons. The summed E-state index contributed by atoms with van der Waals surface area (Å²) in [5.41, 5.74) is 0.308. The average molecular weight is 441 g/mol. The molecule has 0 heterocycles. The fraction of sp³-hybridized carbons (Fsp3) is 0.652. The second-order valence-electron chi connectivity index (χ2n) is 6.60. The van der Waals surface area contributed by atoms with E-state index in [4.69, 9.17) is 28.4 Å². The van der Waals surface area contributed by atoms with Gasteiger partial charge in [0.15, 0.2) is 0 Å². The molecule has 8 nitrogen and oxygen atoms in total. The summed E-state index contributed by atoms with van der Waals surface area (Å²) < 4.78 is 31.8. The van der Waals surface area contributed by atoms with Crippen molar-refractivity contribution in [1.82, 2.24) is 0 Å². The minimum atomic E-state index is -0.883. The molecule has 0 saturated carbocycles. The number of ketones is 1. The van der Waals surface area contributed by atoms with Gasteiger partial charge in [0.1, 0.15) is 6.61 Å². The molecule has 0 unspecified atom stereocenters. The van der Waals surface area contributed by atoms with Crippen molar-refractivity contribution < 1.29 is 38.0 Å². The fourth-order valence-electron chi connectivity index (χ4n) is 2.40. The third kappa shape index (κ3) is 15.6. The number of Topliss-reactive ketones (excluding diaryl/α,β-unsaturated/α-hetero) is 1. The zero-order valence-corrected chi connectivity index (χ0v) is 18.6. The molecule has 0 aromatic heterocycles. The topological polar surface area (TPSA) is 89.5 Å². The Kier molecular flexibility index (Phi) is 17.6. The highest BCUT2D eigenvalue weighted by Crippen LogP contribution is 2.01. The van der Waals surface area contributed by atoms with E-state index in [1.165, 1.54) is 12.8 Å². The zero-order chi connectivity index (χ0) is 22.4. The molecule has 0 atom stereocenters. The molecule has 0 aliphatic rings. The second kappa shape index (κ2) is 20.1. The van der Waals surface area contributed by atoms with E-state index < -0.39 is 11.8 Å². The van der Waals surface area contributed by atoms with E-state index in [0.717, 1.165) is 13.0 Å². The predicted octanol–water partition coefficient (Wildman–Crippen LogP) is 2.69. The predicted molar refractivity (Wildman–Crippen MR) is 115 cm³/mol. The SMILES string of the molecule is CCCCCOCCOCCOCCOCCOCCOC(=O)C(=O)c1ccccc1. The van der Waals surface area contributed by atoms with Crippen LogP contribution >= 0.6 is 0 Å². The first kappa shape index (κ1) is 27.2. The Morgan fingerprint density at radius 1 is 0.613 bits per heavy atom. The molecule has 0 N–H and O–H groups in total. The van der Waals surface area contributed by atoms with E-state index in [1.54, 1.807) is 30.3 Å². The van der Waals surface area contributed by atoms with E-state index in [2.05, 4.69) is 6.92 Å². The van der Waals surface area contributed by atoms with Crippen LogP contribution in [0.25, 0.3) is 0 Å². The standard InChI is InChI=1S/C23H36O8/c1-2-3-7-10-26-11-12-27-13-14-28-15-16-29-17-18-30-19-20-31-23(25)22(24)21-8-5-4-6-9-21/h4-6,8-9H,2-3,7,10-20H2,1H3. The van der Waals surface area contributed by atoms with Gasteiger partial charge in [0, 0.05) is 12.2 Å². The highest BCUT2D eigenvalue weighted by molar-refractivity contribution is 6.40. The smallest absolute Gasteiger partial charge is 0.379 e. The molecule has 8 heteroatoms. The van der Waals surface area contributed by atoms with Gasteiger partial charge in [-0.25, -0.2) is 4.79 Å². The van der Waals surface area contributed by atoms with Crippen molar-refractivity contribution in [2.24, 2.45) is 0 Å². The quantitative estimate of drug-likeness (QED) is 0.125. The minimum Gasteiger partial charge on any atom is -0.457 e. The van der Waals surface area contributed by atoms with Gasteiger partial charge in [0.2, 0.25) is 0 Å². The summed E-state index contributed by atoms with van der Waals surface area (Å²) in [7, 11) is 0. The fourth-order valence-corrected chi connectivity index (χ4v) is 2.40. The lowest BCUT2D eigenvalue weighted by molar-refractivity contribution is -0.139. The van der Waals surface area contributed by atoms with Gasteiger partial charge >= 0.3 is 5.97 Å². The number of hydrogen-bond donors (Lipinski definition) is 0. The van der Waals surface area contributed by atoms with Gasteiger partial charge in [0.05, 0.1) is 59.5 Å². The Morgan fingerprint density at radius 2 is 1.06 bits per heavy atom. The van der Waals surface area contributed by atoms with Crippen LogP contribution in [0, 0.1) is 0 Å². The maximum absolute atomic E-state index is 11.8. The van der Waals surface area contributed by atoms with E-state index >= 15 is 0 Å². The molecule has 0 radical (unpaired) electrons. The van der Waals surface area contributed by atoms with Gasteiger partial charge in [-0.2, -0.15) is 0 Å². The number of carbonyl (C=O) groups is 2. The summed E-state index contributed by atoms with van der Waals surface area (Å²) in [5.74, 6) is -1.54. The van der Waals surface area contributed by atoms with Crippen molar-refractivity contribution in [2.45, 2.75) is 26.2 Å². The van der Waals surface area contributed by atoms with Crippen LogP contribution in [0.15, 0.2) is 30.3 Å². The number of carbonyl (C=O) groups excluding carboxylic acids is 2. The Labute approximate surface area is 185 Å². The Hall–Kier alpha value is -1.84. The van der Waals surface area contributed by atoms with E-state index in [9.17, 15) is 9.59 Å². The maximum atomic E-state index is 11.8. The number of rotatable bonds is 21. The molecule has 0 spiro atoms. The second-order valence-corrected chi connectivity index (χ2v) is 6.60. The van der Waals surface area contributed by atoms with Gasteiger partial charge in [-0.3, -0.25) is 4.79 Å². The van der Waals surface area contributed by atoms with Crippen LogP contribution in [-0.4, -0.2) is 84.4 Å². The Morgan fingerprint density at radius 3 is 1.55 bits per heavy atom. The lowest BCUT2D eigenvalue weighted by Crippen LogP contribution is -2.20. The lowest BCUT2D eigenvalue weighted by atomic mass is 10.1. The van der Waals surface area contributed by atoms with Crippen LogP contribution in [0.5, 0.6) is 0 Å². The van der Waals surface area contributed by atoms with E-state index in [-0.39, 0.29) is 13.2 Å². The van der Waals surface area contributed by atoms with Gasteiger partial charge in [0.25, 0.3) is 5.78 Å². The summed E-state index contributed by atoms with van der Waals surface area (Å²) >= 11 is 0. The van der Waals surface area contributed by atoms with Crippen LogP contribution < -0.4 is 0 Å². The number of esters is 1. The number of unbranched alkanes of at least 4 members (excludes halogenated alkanes) is 2. The zero-order valence-electron chi connectivity index (χ0n) is 18.6. The van der Waals surface area contributed by atoms with Crippen LogP contribution in [-0.2, 0) is 33.2 Å². The summed E-state index contributed by atoms with van der Waals surface area (Å²) in [4.78, 5) is 23.5. The molecule has 1 rings (SSSR count). The lowest BCUT2D eigenvalue weighted by Gasteiger charge is -2.08. The summed E-state index contributed by atoms with van der Waals surface area (Å²) in [6, 6.07) is 8.29. The molecule has 0 bridgehead atoms. The van der Waals surface area contributed by atoms with Gasteiger partial charge in [-0.05, 0) is 6.42 Å². The minimum absolute atomic E-state index is 0.0182. The highest BCUT2D eigenvalue weighted by Gasteiger charge is 2.16. The van der Waals surface area contributed by atoms with Crippen molar-refractivity contribution in [3.63, 3.8) is 0 Å². The normalized spacial score (nSPS) is 10.9. The molecule has 0 aliphatic heterocycles. The molecule has 0 saturated heterocycles. The third-order valence-corrected chi connectivity index (χ3v) is 4.06. The first-order chi connectivity index (χ1) is 15.3. The molecule has 31 heavy (non-hydrogen) atoms. The average Bonchev–Trinajstić information content (AvgIpc) is 2.80. The van der Waals surface area contributed by atoms with Crippen molar-refractivity contribution in [3.05, 3.63) is 35.9 Å². The van der Waals surface area contributed by atoms with Crippen molar-refractivity contribution in [1.29, 1.82) is 0 Å². The first-order valence-corrected chi connectivity index (χ1v) is 10.9. The summed E-state index contributed by atoms with van der Waals surface area (Å²) in [6.07, 6.45) is 3.51. The summed E-state index contributed by atoms with van der Waals surface area (Å²) in [5, 5.41) is 0. The van der Waals surface area contributed by atoms with Crippen molar-refractivity contribution in [2.75, 3.05) is 72.7 Å². The molecule has 0 amide bonds. The third-order valence-electron chi connectivity index (χ3n) is 4.06. The molecular formula is C23H36O8. The molecule has 1 aromatic carbocycles. The highest BCUT2D eigenvalue weighted by atomic mass is 16.6. The van der Waals surface area contributed by atoms with E-state index in [1.807, 2.05) is 0 Å². The number of hydrogen-bond acceptors (Lipinski definition) is 8. The number of ether oxygens (including phenoxy) is 6. The molecule has 1 aromatic rings. The van der Waals surface area contributed by atoms with Crippen molar-refractivity contribution >= 4 is 11.8 Å². The monoisotopic (exact) mass is 440 g/mol. The van der Waals surface area contributed by atoms with Crippen LogP contribution in [0.4, 0.5) is 0 Å². The van der Waals surface area contributed by atoms with Crippen LogP contribution in [0.1, 0.15) is 36.5 Å². The first-order valence-electron chi connectivity index (χ1n) is 10.9. The Bertz CT molecular complexity index is 564. The van der Waals surface area contributed by atoms with Crippen LogP contribution in [0.2, 0.25) is 0 Å². The van der Waals surface area contributed by atoms with Gasteiger partial charge < -0.3 is 28.4 Å². The van der Waals surface area contributed by atoms with Gasteiger partial charge in [-0.1, -0.05) is 50.1 Å². The summed E-state index contributed by atoms with van der Waals surface area (Å²) in [6.45, 7) is 7.16. The van der Waals surface area contributed by atoms with Crippen molar-refractivity contribution in [3.8, 4) is 0 Å². The van der Waals surface area contributed by atoms with Gasteiger partial charge in [-0.15, -0.1) is 0 Å². The largest absolute Gasteiger partial charge is 0.457 e. The molecule has 0 fully saturated rings. The Balaban J connectivity index is 1.78.